The summed E-state index contributed by atoms with van der Waals surface area (Å²) >= 11 is 0. The first-order chi connectivity index (χ1) is 21.0. The smallest absolute Gasteiger partial charge is 0.271 e. The lowest BCUT2D eigenvalue weighted by atomic mass is 10.1. The fourth-order valence-corrected chi connectivity index (χ4v) is 7.22. The molecule has 1 aliphatic heterocycles. The number of nitrogens with zero attached hydrogens (tertiary/aromatic N) is 4. The second kappa shape index (κ2) is 12.9. The van der Waals surface area contributed by atoms with E-state index >= 15 is 8.78 Å². The minimum Gasteiger partial charge on any atom is -0.496 e. The number of aromatic nitrogens is 1. The maximum absolute atomic E-state index is 16.1. The SMILES string of the molecule is COc1cc(C)ccc1CN(c1ccc(F)cn1)S(=O)(=O)c1c(F)cc(N(C)[C@H]2CCN(Cc3ccccc3)C2)c(C)c1F. The van der Waals surface area contributed by atoms with Crippen molar-refractivity contribution in [3.05, 3.63) is 113 Å². The van der Waals surface area contributed by atoms with Gasteiger partial charge in [0, 0.05) is 49.5 Å². The highest BCUT2D eigenvalue weighted by molar-refractivity contribution is 7.92. The van der Waals surface area contributed by atoms with Crippen LogP contribution >= 0.6 is 0 Å². The van der Waals surface area contributed by atoms with Crippen LogP contribution in [0, 0.1) is 31.3 Å². The van der Waals surface area contributed by atoms with E-state index in [9.17, 15) is 12.8 Å². The summed E-state index contributed by atoms with van der Waals surface area (Å²) in [4.78, 5) is 6.93. The van der Waals surface area contributed by atoms with Crippen LogP contribution in [0.15, 0.2) is 77.8 Å². The molecule has 0 saturated carbocycles. The zero-order valence-corrected chi connectivity index (χ0v) is 25.9. The summed E-state index contributed by atoms with van der Waals surface area (Å²) in [6, 6.07) is 18.5. The quantitative estimate of drug-likeness (QED) is 0.209. The van der Waals surface area contributed by atoms with E-state index in [0.717, 1.165) is 53.8 Å². The van der Waals surface area contributed by atoms with Gasteiger partial charge in [0.1, 0.15) is 23.2 Å². The molecule has 4 aromatic rings. The summed E-state index contributed by atoms with van der Waals surface area (Å²) in [5.41, 5.74) is 2.77. The molecule has 0 bridgehead atoms. The number of pyridine rings is 1. The number of anilines is 2. The predicted octanol–water partition coefficient (Wildman–Crippen LogP) is 6.23. The van der Waals surface area contributed by atoms with Crippen LogP contribution in [0.25, 0.3) is 0 Å². The van der Waals surface area contributed by atoms with Gasteiger partial charge in [-0.05, 0) is 55.7 Å². The zero-order chi connectivity index (χ0) is 31.6. The molecule has 5 rings (SSSR count). The molecule has 0 radical (unpaired) electrons. The fourth-order valence-electron chi connectivity index (χ4n) is 5.65. The van der Waals surface area contributed by atoms with E-state index in [1.54, 1.807) is 25.2 Å². The first-order valence-corrected chi connectivity index (χ1v) is 15.7. The third kappa shape index (κ3) is 6.39. The Bertz CT molecular complexity index is 1740. The summed E-state index contributed by atoms with van der Waals surface area (Å²) in [6.45, 7) is 5.21. The second-order valence-corrected chi connectivity index (χ2v) is 12.9. The monoisotopic (exact) mass is 624 g/mol. The molecule has 1 atom stereocenters. The molecule has 232 valence electrons. The topological polar surface area (TPSA) is 66.0 Å². The number of rotatable bonds is 10. The van der Waals surface area contributed by atoms with Crippen molar-refractivity contribution in [2.75, 3.05) is 36.5 Å². The van der Waals surface area contributed by atoms with Gasteiger partial charge < -0.3 is 9.64 Å². The minimum atomic E-state index is -4.87. The Morgan fingerprint density at radius 2 is 1.77 bits per heavy atom. The Balaban J connectivity index is 1.48. The summed E-state index contributed by atoms with van der Waals surface area (Å²) in [5.74, 6) is -2.91. The Kier molecular flexibility index (Phi) is 9.17. The molecule has 1 saturated heterocycles. The highest BCUT2D eigenvalue weighted by atomic mass is 32.2. The average Bonchev–Trinajstić information content (AvgIpc) is 3.47. The number of benzene rings is 3. The van der Waals surface area contributed by atoms with Crippen LogP contribution in [-0.2, 0) is 23.1 Å². The number of aryl methyl sites for hydroxylation is 1. The first-order valence-electron chi connectivity index (χ1n) is 14.2. The van der Waals surface area contributed by atoms with Gasteiger partial charge in [-0.25, -0.2) is 30.9 Å². The van der Waals surface area contributed by atoms with Gasteiger partial charge in [-0.1, -0.05) is 42.5 Å². The molecule has 0 unspecified atom stereocenters. The summed E-state index contributed by atoms with van der Waals surface area (Å²) in [6.07, 6.45) is 1.64. The largest absolute Gasteiger partial charge is 0.496 e. The molecule has 1 aliphatic rings. The number of likely N-dealkylation sites (N-methyl/N-ethyl adjacent to an activating group) is 1. The maximum Gasteiger partial charge on any atom is 0.271 e. The molecule has 0 aliphatic carbocycles. The van der Waals surface area contributed by atoms with Crippen molar-refractivity contribution < 1.29 is 26.3 Å². The molecule has 11 heteroatoms. The van der Waals surface area contributed by atoms with Crippen molar-refractivity contribution in [1.82, 2.24) is 9.88 Å². The van der Waals surface area contributed by atoms with E-state index in [1.807, 2.05) is 30.0 Å². The van der Waals surface area contributed by atoms with Gasteiger partial charge >= 0.3 is 0 Å². The molecular weight excluding hydrogens is 589 g/mol. The van der Waals surface area contributed by atoms with Crippen LogP contribution in [0.3, 0.4) is 0 Å². The normalized spacial score (nSPS) is 15.4. The lowest BCUT2D eigenvalue weighted by molar-refractivity contribution is 0.326. The van der Waals surface area contributed by atoms with Gasteiger partial charge in [0.2, 0.25) is 0 Å². The molecule has 44 heavy (non-hydrogen) atoms. The van der Waals surface area contributed by atoms with Crippen LogP contribution in [0.4, 0.5) is 24.7 Å². The van der Waals surface area contributed by atoms with Crippen molar-refractivity contribution in [1.29, 1.82) is 0 Å². The molecule has 0 amide bonds. The summed E-state index contributed by atoms with van der Waals surface area (Å²) in [7, 11) is -1.66. The molecule has 1 fully saturated rings. The number of likely N-dealkylation sites (tertiary alicyclic amines) is 1. The van der Waals surface area contributed by atoms with Crippen LogP contribution in [0.1, 0.15) is 28.7 Å². The van der Waals surface area contributed by atoms with E-state index in [4.69, 9.17) is 4.74 Å². The summed E-state index contributed by atoms with van der Waals surface area (Å²) in [5, 5.41) is 0. The van der Waals surface area contributed by atoms with Crippen molar-refractivity contribution >= 4 is 21.5 Å². The second-order valence-electron chi connectivity index (χ2n) is 11.1. The lowest BCUT2D eigenvalue weighted by Crippen LogP contribution is -2.36. The van der Waals surface area contributed by atoms with Crippen molar-refractivity contribution in [3.63, 3.8) is 0 Å². The third-order valence-electron chi connectivity index (χ3n) is 8.09. The van der Waals surface area contributed by atoms with Crippen LogP contribution in [0.2, 0.25) is 0 Å². The van der Waals surface area contributed by atoms with Crippen molar-refractivity contribution in [2.45, 2.75) is 44.3 Å². The Labute approximate surface area is 256 Å². The Morgan fingerprint density at radius 1 is 1.02 bits per heavy atom. The van der Waals surface area contributed by atoms with Crippen LogP contribution < -0.4 is 13.9 Å². The molecule has 7 nitrogen and oxygen atoms in total. The fraction of sp³-hybridized carbons (Fsp3) is 0.303. The van der Waals surface area contributed by atoms with Crippen molar-refractivity contribution in [2.24, 2.45) is 0 Å². The zero-order valence-electron chi connectivity index (χ0n) is 25.1. The van der Waals surface area contributed by atoms with Gasteiger partial charge in [0.25, 0.3) is 10.0 Å². The van der Waals surface area contributed by atoms with Crippen molar-refractivity contribution in [3.8, 4) is 5.75 Å². The molecule has 0 N–H and O–H groups in total. The van der Waals surface area contributed by atoms with E-state index in [0.29, 0.717) is 17.9 Å². The number of methoxy groups -OCH3 is 1. The van der Waals surface area contributed by atoms with Crippen LogP contribution in [0.5, 0.6) is 5.75 Å². The minimum absolute atomic E-state index is 0.00826. The average molecular weight is 625 g/mol. The van der Waals surface area contributed by atoms with Gasteiger partial charge in [-0.2, -0.15) is 0 Å². The standard InChI is InChI=1S/C33H35F3N4O3S/c1-22-10-11-25(30(16-22)43-4)20-40(31-13-12-26(34)18-37-31)44(41,42)33-28(35)17-29(23(2)32(33)36)38(3)27-14-15-39(21-27)19-24-8-6-5-7-9-24/h5-13,16-18,27H,14-15,19-21H2,1-4H3/t27-/m0/s1. The number of hydrogen-bond donors (Lipinski definition) is 0. The van der Waals surface area contributed by atoms with Gasteiger partial charge in [-0.15, -0.1) is 0 Å². The third-order valence-corrected chi connectivity index (χ3v) is 9.88. The number of sulfonamides is 1. The van der Waals surface area contributed by atoms with Gasteiger partial charge in [0.15, 0.2) is 10.7 Å². The number of hydrogen-bond acceptors (Lipinski definition) is 6. The molecule has 3 aromatic carbocycles. The highest BCUT2D eigenvalue weighted by Gasteiger charge is 2.36. The van der Waals surface area contributed by atoms with E-state index in [1.165, 1.54) is 19.6 Å². The van der Waals surface area contributed by atoms with E-state index in [-0.39, 0.29) is 29.7 Å². The molecular formula is C33H35F3N4O3S. The number of ether oxygens (including phenoxy) is 1. The van der Waals surface area contributed by atoms with E-state index < -0.39 is 32.4 Å². The molecule has 1 aromatic heterocycles. The molecule has 0 spiro atoms. The predicted molar refractivity (Wildman–Crippen MR) is 165 cm³/mol. The van der Waals surface area contributed by atoms with Crippen LogP contribution in [-0.4, -0.2) is 51.6 Å². The van der Waals surface area contributed by atoms with Gasteiger partial charge in [0.05, 0.1) is 19.9 Å². The maximum atomic E-state index is 16.1. The summed E-state index contributed by atoms with van der Waals surface area (Å²) < 4.78 is 80.1. The van der Waals surface area contributed by atoms with Gasteiger partial charge in [-0.3, -0.25) is 4.90 Å². The lowest BCUT2D eigenvalue weighted by Gasteiger charge is -2.30. The van der Waals surface area contributed by atoms with E-state index in [2.05, 4.69) is 22.0 Å². The number of halogens is 3. The Morgan fingerprint density at radius 3 is 2.45 bits per heavy atom. The first kappa shape index (κ1) is 31.3. The molecule has 2 heterocycles. The highest BCUT2D eigenvalue weighted by Crippen LogP contribution is 2.36. The Hall–Kier alpha value is -4.09.